The highest BCUT2D eigenvalue weighted by Crippen LogP contribution is 2.25. The van der Waals surface area contributed by atoms with E-state index in [1.807, 2.05) is 4.90 Å². The smallest absolute Gasteiger partial charge is 0.224 e. The number of hydrogen-bond acceptors (Lipinski definition) is 3. The number of hydrogen-bond donors (Lipinski definition) is 1. The molecule has 1 atom stereocenters. The van der Waals surface area contributed by atoms with Gasteiger partial charge in [-0.3, -0.25) is 9.69 Å². The Labute approximate surface area is 130 Å². The number of rotatable bonds is 4. The van der Waals surface area contributed by atoms with Crippen molar-refractivity contribution in [3.05, 3.63) is 0 Å². The van der Waals surface area contributed by atoms with Gasteiger partial charge in [0.25, 0.3) is 0 Å². The van der Waals surface area contributed by atoms with E-state index in [0.29, 0.717) is 6.42 Å². The van der Waals surface area contributed by atoms with E-state index < -0.39 is 0 Å². The van der Waals surface area contributed by atoms with Crippen LogP contribution in [0.4, 0.5) is 0 Å². The van der Waals surface area contributed by atoms with Crippen LogP contribution in [0.1, 0.15) is 59.3 Å². The van der Waals surface area contributed by atoms with Crippen molar-refractivity contribution >= 4 is 5.91 Å². The molecule has 1 amide bonds. The Morgan fingerprint density at radius 2 is 1.71 bits per heavy atom. The van der Waals surface area contributed by atoms with Gasteiger partial charge in [0.05, 0.1) is 0 Å². The normalized spacial score (nSPS) is 23.5. The van der Waals surface area contributed by atoms with Gasteiger partial charge in [-0.1, -0.05) is 33.6 Å². The van der Waals surface area contributed by atoms with Crippen LogP contribution < -0.4 is 5.73 Å². The lowest BCUT2D eigenvalue weighted by molar-refractivity contribution is -0.133. The third-order valence-electron chi connectivity index (χ3n) is 4.82. The van der Waals surface area contributed by atoms with E-state index >= 15 is 0 Å². The fourth-order valence-electron chi connectivity index (χ4n) is 3.82. The number of carbonyl (C=O) groups is 1. The van der Waals surface area contributed by atoms with Crippen molar-refractivity contribution in [2.75, 3.05) is 26.2 Å². The van der Waals surface area contributed by atoms with Gasteiger partial charge < -0.3 is 10.6 Å². The Morgan fingerprint density at radius 3 is 2.24 bits per heavy atom. The zero-order valence-electron chi connectivity index (χ0n) is 14.1. The average Bonchev–Trinajstić information content (AvgIpc) is 2.90. The predicted octanol–water partition coefficient (Wildman–Crippen LogP) is 2.23. The van der Waals surface area contributed by atoms with Gasteiger partial charge >= 0.3 is 0 Å². The quantitative estimate of drug-likeness (QED) is 0.865. The summed E-state index contributed by atoms with van der Waals surface area (Å²) in [5.74, 6) is 0.248. The van der Waals surface area contributed by atoms with E-state index in [4.69, 9.17) is 5.73 Å². The van der Waals surface area contributed by atoms with Crippen molar-refractivity contribution in [1.29, 1.82) is 0 Å². The standard InChI is InChI=1S/C17H33N3O/c1-17(2,3)13-14(18)12-16(21)20-10-8-19(9-11-20)15-6-4-5-7-15/h14-15H,4-13,18H2,1-3H3. The van der Waals surface area contributed by atoms with Gasteiger partial charge in [-0.05, 0) is 24.7 Å². The van der Waals surface area contributed by atoms with Crippen molar-refractivity contribution in [3.63, 3.8) is 0 Å². The highest BCUT2D eigenvalue weighted by Gasteiger charge is 2.28. The highest BCUT2D eigenvalue weighted by molar-refractivity contribution is 5.76. The van der Waals surface area contributed by atoms with Gasteiger partial charge in [0.2, 0.25) is 5.91 Å². The highest BCUT2D eigenvalue weighted by atomic mass is 16.2. The largest absolute Gasteiger partial charge is 0.340 e. The summed E-state index contributed by atoms with van der Waals surface area (Å²) in [7, 11) is 0. The molecule has 2 rings (SSSR count). The fraction of sp³-hybridized carbons (Fsp3) is 0.941. The van der Waals surface area contributed by atoms with Gasteiger partial charge in [-0.25, -0.2) is 0 Å². The number of piperazine rings is 1. The maximum absolute atomic E-state index is 12.3. The Balaban J connectivity index is 1.72. The van der Waals surface area contributed by atoms with Crippen LogP contribution in [0.2, 0.25) is 0 Å². The molecule has 2 N–H and O–H groups in total. The Hall–Kier alpha value is -0.610. The molecule has 0 aromatic carbocycles. The summed E-state index contributed by atoms with van der Waals surface area (Å²) in [6.45, 7) is 10.4. The molecule has 1 saturated carbocycles. The molecule has 0 bridgehead atoms. The fourth-order valence-corrected chi connectivity index (χ4v) is 3.82. The van der Waals surface area contributed by atoms with E-state index in [9.17, 15) is 4.79 Å². The summed E-state index contributed by atoms with van der Waals surface area (Å²) in [6.07, 6.45) is 6.87. The molecular formula is C17H33N3O. The summed E-state index contributed by atoms with van der Waals surface area (Å²) >= 11 is 0. The minimum atomic E-state index is -0.00892. The summed E-state index contributed by atoms with van der Waals surface area (Å²) in [5, 5.41) is 0. The van der Waals surface area contributed by atoms with Crippen LogP contribution in [0.3, 0.4) is 0 Å². The molecular weight excluding hydrogens is 262 g/mol. The Kier molecular flexibility index (Phi) is 5.67. The van der Waals surface area contributed by atoms with Crippen LogP contribution in [0.5, 0.6) is 0 Å². The third-order valence-corrected chi connectivity index (χ3v) is 4.82. The van der Waals surface area contributed by atoms with Gasteiger partial charge in [0.15, 0.2) is 0 Å². The van der Waals surface area contributed by atoms with Crippen LogP contribution in [-0.2, 0) is 4.79 Å². The first-order chi connectivity index (χ1) is 9.85. The van der Waals surface area contributed by atoms with E-state index in [1.165, 1.54) is 25.7 Å². The number of nitrogens with zero attached hydrogens (tertiary/aromatic N) is 2. The topological polar surface area (TPSA) is 49.6 Å². The third kappa shape index (κ3) is 5.26. The van der Waals surface area contributed by atoms with E-state index in [1.54, 1.807) is 0 Å². The monoisotopic (exact) mass is 295 g/mol. The first kappa shape index (κ1) is 16.8. The summed E-state index contributed by atoms with van der Waals surface area (Å²) in [6, 6.07) is 0.774. The SMILES string of the molecule is CC(C)(C)CC(N)CC(=O)N1CCN(C2CCCC2)CC1. The van der Waals surface area contributed by atoms with Crippen LogP contribution in [0.25, 0.3) is 0 Å². The van der Waals surface area contributed by atoms with E-state index in [0.717, 1.165) is 38.6 Å². The average molecular weight is 295 g/mol. The molecule has 4 nitrogen and oxygen atoms in total. The van der Waals surface area contributed by atoms with E-state index in [-0.39, 0.29) is 17.4 Å². The molecule has 1 aliphatic carbocycles. The van der Waals surface area contributed by atoms with Gasteiger partial charge in [-0.2, -0.15) is 0 Å². The molecule has 0 radical (unpaired) electrons. The molecule has 2 aliphatic rings. The van der Waals surface area contributed by atoms with Crippen LogP contribution in [0.15, 0.2) is 0 Å². The van der Waals surface area contributed by atoms with E-state index in [2.05, 4.69) is 25.7 Å². The second kappa shape index (κ2) is 7.10. The van der Waals surface area contributed by atoms with Crippen LogP contribution in [0, 0.1) is 5.41 Å². The predicted molar refractivity (Wildman–Crippen MR) is 87.1 cm³/mol. The van der Waals surface area contributed by atoms with Crippen molar-refractivity contribution in [2.45, 2.75) is 71.4 Å². The molecule has 1 unspecified atom stereocenters. The number of carbonyl (C=O) groups excluding carboxylic acids is 1. The number of nitrogens with two attached hydrogens (primary N) is 1. The molecule has 1 heterocycles. The maximum atomic E-state index is 12.3. The Morgan fingerprint density at radius 1 is 1.14 bits per heavy atom. The molecule has 122 valence electrons. The summed E-state index contributed by atoms with van der Waals surface area (Å²) in [5.41, 5.74) is 6.33. The lowest BCUT2D eigenvalue weighted by Crippen LogP contribution is -2.52. The second-order valence-electron chi connectivity index (χ2n) is 8.08. The van der Waals surface area contributed by atoms with Crippen molar-refractivity contribution in [1.82, 2.24) is 9.80 Å². The first-order valence-corrected chi connectivity index (χ1v) is 8.62. The molecule has 0 aromatic rings. The minimum Gasteiger partial charge on any atom is -0.340 e. The maximum Gasteiger partial charge on any atom is 0.224 e. The van der Waals surface area contributed by atoms with Crippen molar-refractivity contribution in [2.24, 2.45) is 11.1 Å². The first-order valence-electron chi connectivity index (χ1n) is 8.62. The Bertz CT molecular complexity index is 336. The molecule has 0 spiro atoms. The molecule has 1 aliphatic heterocycles. The molecule has 0 aromatic heterocycles. The van der Waals surface area contributed by atoms with Gasteiger partial charge in [0.1, 0.15) is 0 Å². The summed E-state index contributed by atoms with van der Waals surface area (Å²) in [4.78, 5) is 17.0. The molecule has 2 fully saturated rings. The van der Waals surface area contributed by atoms with Crippen LogP contribution in [-0.4, -0.2) is 54.0 Å². The lowest BCUT2D eigenvalue weighted by atomic mass is 9.87. The van der Waals surface area contributed by atoms with Gasteiger partial charge in [0, 0.05) is 44.7 Å². The van der Waals surface area contributed by atoms with Crippen molar-refractivity contribution < 1.29 is 4.79 Å². The molecule has 1 saturated heterocycles. The number of amides is 1. The van der Waals surface area contributed by atoms with Crippen LogP contribution >= 0.6 is 0 Å². The zero-order valence-corrected chi connectivity index (χ0v) is 14.1. The summed E-state index contributed by atoms with van der Waals surface area (Å²) < 4.78 is 0. The van der Waals surface area contributed by atoms with Crippen molar-refractivity contribution in [3.8, 4) is 0 Å². The minimum absolute atomic E-state index is 0.00892. The lowest BCUT2D eigenvalue weighted by Gasteiger charge is -2.38. The van der Waals surface area contributed by atoms with Gasteiger partial charge in [-0.15, -0.1) is 0 Å². The molecule has 4 heteroatoms. The molecule has 21 heavy (non-hydrogen) atoms. The second-order valence-corrected chi connectivity index (χ2v) is 8.08. The zero-order chi connectivity index (χ0) is 15.5.